The average molecular weight is 228 g/mol. The molecule has 6 heteroatoms. The topological polar surface area (TPSA) is 96.3 Å². The molecule has 0 aliphatic rings. The molecule has 6 nitrogen and oxygen atoms in total. The highest BCUT2D eigenvalue weighted by molar-refractivity contribution is 5.60. The number of nitrogen functional groups attached to an aromatic ring is 1. The summed E-state index contributed by atoms with van der Waals surface area (Å²) in [5.74, 6) is 0.764. The SMILES string of the molecule is CC(C)n1ncc(N)c1NCCC(O)CO. The molecule has 16 heavy (non-hydrogen) atoms. The van der Waals surface area contributed by atoms with Crippen molar-refractivity contribution in [1.82, 2.24) is 9.78 Å². The molecule has 0 spiro atoms. The van der Waals surface area contributed by atoms with E-state index < -0.39 is 6.10 Å². The predicted molar refractivity (Wildman–Crippen MR) is 63.2 cm³/mol. The molecule has 0 bridgehead atoms. The normalized spacial score (nSPS) is 13.1. The second-order valence-corrected chi connectivity index (χ2v) is 4.04. The van der Waals surface area contributed by atoms with Gasteiger partial charge in [0.15, 0.2) is 0 Å². The van der Waals surface area contributed by atoms with Crippen molar-refractivity contribution in [2.75, 3.05) is 24.2 Å². The molecule has 0 radical (unpaired) electrons. The second-order valence-electron chi connectivity index (χ2n) is 4.04. The number of nitrogens with zero attached hydrogens (tertiary/aromatic N) is 2. The molecule has 0 fully saturated rings. The van der Waals surface area contributed by atoms with Crippen LogP contribution in [0, 0.1) is 0 Å². The van der Waals surface area contributed by atoms with Gasteiger partial charge in [0.1, 0.15) is 5.82 Å². The minimum atomic E-state index is -0.691. The van der Waals surface area contributed by atoms with Gasteiger partial charge in [0.05, 0.1) is 24.6 Å². The lowest BCUT2D eigenvalue weighted by Crippen LogP contribution is -2.19. The minimum Gasteiger partial charge on any atom is -0.394 e. The number of anilines is 2. The summed E-state index contributed by atoms with van der Waals surface area (Å²) >= 11 is 0. The van der Waals surface area contributed by atoms with Gasteiger partial charge >= 0.3 is 0 Å². The quantitative estimate of drug-likeness (QED) is 0.558. The Morgan fingerprint density at radius 2 is 2.25 bits per heavy atom. The van der Waals surface area contributed by atoms with Crippen LogP contribution in [0.4, 0.5) is 11.5 Å². The molecule has 0 amide bonds. The molecule has 92 valence electrons. The van der Waals surface area contributed by atoms with Crippen molar-refractivity contribution in [3.63, 3.8) is 0 Å². The summed E-state index contributed by atoms with van der Waals surface area (Å²) in [4.78, 5) is 0. The molecule has 0 saturated carbocycles. The van der Waals surface area contributed by atoms with Crippen molar-refractivity contribution in [2.24, 2.45) is 0 Å². The Morgan fingerprint density at radius 1 is 1.56 bits per heavy atom. The smallest absolute Gasteiger partial charge is 0.147 e. The van der Waals surface area contributed by atoms with Crippen molar-refractivity contribution < 1.29 is 10.2 Å². The molecule has 1 aromatic rings. The van der Waals surface area contributed by atoms with Crippen molar-refractivity contribution in [3.8, 4) is 0 Å². The van der Waals surface area contributed by atoms with Crippen molar-refractivity contribution >= 4 is 11.5 Å². The van der Waals surface area contributed by atoms with Gasteiger partial charge in [-0.2, -0.15) is 5.10 Å². The third-order valence-electron chi connectivity index (χ3n) is 2.29. The number of hydrogen-bond acceptors (Lipinski definition) is 5. The van der Waals surface area contributed by atoms with E-state index in [1.54, 1.807) is 10.9 Å². The third-order valence-corrected chi connectivity index (χ3v) is 2.29. The lowest BCUT2D eigenvalue weighted by atomic mass is 10.2. The van der Waals surface area contributed by atoms with Crippen LogP contribution in [0.2, 0.25) is 0 Å². The van der Waals surface area contributed by atoms with Crippen LogP contribution in [0.5, 0.6) is 0 Å². The lowest BCUT2D eigenvalue weighted by molar-refractivity contribution is 0.0910. The maximum absolute atomic E-state index is 9.19. The number of aliphatic hydroxyl groups excluding tert-OH is 2. The van der Waals surface area contributed by atoms with E-state index in [1.165, 1.54) is 0 Å². The van der Waals surface area contributed by atoms with E-state index in [-0.39, 0.29) is 12.6 Å². The highest BCUT2D eigenvalue weighted by atomic mass is 16.3. The van der Waals surface area contributed by atoms with E-state index in [1.807, 2.05) is 13.8 Å². The zero-order chi connectivity index (χ0) is 12.1. The van der Waals surface area contributed by atoms with Gasteiger partial charge in [-0.15, -0.1) is 0 Å². The van der Waals surface area contributed by atoms with Crippen LogP contribution >= 0.6 is 0 Å². The minimum absolute atomic E-state index is 0.222. The van der Waals surface area contributed by atoms with Crippen LogP contribution in [-0.4, -0.2) is 39.2 Å². The fourth-order valence-corrected chi connectivity index (χ4v) is 1.40. The molecular weight excluding hydrogens is 208 g/mol. The molecule has 1 atom stereocenters. The van der Waals surface area contributed by atoms with E-state index in [2.05, 4.69) is 10.4 Å². The average Bonchev–Trinajstić information content (AvgIpc) is 2.60. The molecule has 1 unspecified atom stereocenters. The lowest BCUT2D eigenvalue weighted by Gasteiger charge is -2.14. The molecule has 5 N–H and O–H groups in total. The Morgan fingerprint density at radius 3 is 2.81 bits per heavy atom. The van der Waals surface area contributed by atoms with Gasteiger partial charge in [0.25, 0.3) is 0 Å². The summed E-state index contributed by atoms with van der Waals surface area (Å²) in [6.45, 7) is 4.35. The summed E-state index contributed by atoms with van der Waals surface area (Å²) in [5, 5.41) is 25.1. The Balaban J connectivity index is 2.55. The predicted octanol–water partition coefficient (Wildman–Crippen LogP) is 0.201. The first-order chi connectivity index (χ1) is 7.56. The molecule has 1 heterocycles. The summed E-state index contributed by atoms with van der Waals surface area (Å²) in [5.41, 5.74) is 6.36. The van der Waals surface area contributed by atoms with Gasteiger partial charge in [0.2, 0.25) is 0 Å². The summed E-state index contributed by atoms with van der Waals surface area (Å²) in [6.07, 6.45) is 1.38. The van der Waals surface area contributed by atoms with Crippen LogP contribution in [0.3, 0.4) is 0 Å². The summed E-state index contributed by atoms with van der Waals surface area (Å²) in [6, 6.07) is 0.225. The largest absolute Gasteiger partial charge is 0.394 e. The van der Waals surface area contributed by atoms with Gasteiger partial charge in [-0.25, -0.2) is 4.68 Å². The molecule has 0 saturated heterocycles. The number of aromatic nitrogens is 2. The maximum atomic E-state index is 9.19. The van der Waals surface area contributed by atoms with Crippen LogP contribution in [0.1, 0.15) is 26.3 Å². The first-order valence-corrected chi connectivity index (χ1v) is 5.42. The Hall–Kier alpha value is -1.27. The standard InChI is InChI=1S/C10H20N4O2/c1-7(2)14-10(9(11)5-13-14)12-4-3-8(16)6-15/h5,7-8,12,15-16H,3-4,6,11H2,1-2H3. The van der Waals surface area contributed by atoms with E-state index >= 15 is 0 Å². The molecule has 1 aromatic heterocycles. The van der Waals surface area contributed by atoms with Crippen molar-refractivity contribution in [1.29, 1.82) is 0 Å². The molecule has 0 aliphatic carbocycles. The number of nitrogens with one attached hydrogen (secondary N) is 1. The van der Waals surface area contributed by atoms with E-state index in [0.717, 1.165) is 5.82 Å². The fourth-order valence-electron chi connectivity index (χ4n) is 1.40. The first kappa shape index (κ1) is 12.8. The van der Waals surface area contributed by atoms with E-state index in [9.17, 15) is 5.11 Å². The highest BCUT2D eigenvalue weighted by Crippen LogP contribution is 2.21. The van der Waals surface area contributed by atoms with Crippen molar-refractivity contribution in [3.05, 3.63) is 6.20 Å². The molecule has 1 rings (SSSR count). The number of hydrogen-bond donors (Lipinski definition) is 4. The van der Waals surface area contributed by atoms with Crippen LogP contribution in [-0.2, 0) is 0 Å². The Kier molecular flexibility index (Phi) is 4.57. The van der Waals surface area contributed by atoms with Gasteiger partial charge in [-0.05, 0) is 20.3 Å². The highest BCUT2D eigenvalue weighted by Gasteiger charge is 2.10. The first-order valence-electron chi connectivity index (χ1n) is 5.42. The van der Waals surface area contributed by atoms with Crippen molar-refractivity contribution in [2.45, 2.75) is 32.4 Å². The van der Waals surface area contributed by atoms with Crippen LogP contribution in [0.25, 0.3) is 0 Å². The number of aliphatic hydroxyl groups is 2. The molecular formula is C10H20N4O2. The summed E-state index contributed by atoms with van der Waals surface area (Å²) < 4.78 is 1.79. The van der Waals surface area contributed by atoms with Crippen LogP contribution in [0.15, 0.2) is 6.20 Å². The van der Waals surface area contributed by atoms with Gasteiger partial charge in [-0.1, -0.05) is 0 Å². The van der Waals surface area contributed by atoms with Gasteiger partial charge in [-0.3, -0.25) is 0 Å². The molecule has 0 aliphatic heterocycles. The van der Waals surface area contributed by atoms with E-state index in [0.29, 0.717) is 18.7 Å². The fraction of sp³-hybridized carbons (Fsp3) is 0.700. The Labute approximate surface area is 95.1 Å². The Bertz CT molecular complexity index is 325. The molecule has 0 aromatic carbocycles. The second kappa shape index (κ2) is 5.72. The third kappa shape index (κ3) is 3.11. The van der Waals surface area contributed by atoms with Gasteiger partial charge in [0, 0.05) is 12.6 Å². The van der Waals surface area contributed by atoms with Crippen LogP contribution < -0.4 is 11.1 Å². The zero-order valence-electron chi connectivity index (χ0n) is 9.72. The summed E-state index contributed by atoms with van der Waals surface area (Å²) in [7, 11) is 0. The number of nitrogens with two attached hydrogens (primary N) is 1. The maximum Gasteiger partial charge on any atom is 0.147 e. The van der Waals surface area contributed by atoms with Gasteiger partial charge < -0.3 is 21.3 Å². The zero-order valence-corrected chi connectivity index (χ0v) is 9.72. The van der Waals surface area contributed by atoms with E-state index in [4.69, 9.17) is 10.8 Å². The monoisotopic (exact) mass is 228 g/mol. The number of rotatable bonds is 6.